The summed E-state index contributed by atoms with van der Waals surface area (Å²) in [7, 11) is 2.01. The summed E-state index contributed by atoms with van der Waals surface area (Å²) in [4.78, 5) is 24.7. The van der Waals surface area contributed by atoms with E-state index in [0.717, 1.165) is 11.4 Å². The van der Waals surface area contributed by atoms with Crippen molar-refractivity contribution in [3.8, 4) is 0 Å². The molecule has 2 amide bonds. The standard InChI is InChI=1S/C20H25N3O2/c1-13-5-6-17(14(2)11-13)12-23(4)15(3)20(25)22-18-9-7-16(8-10-18)19(21)24/h5-11,15H,12H2,1-4H3,(H2,21,24)(H,22,25)/p+1/t15-/m1/s1. The molecule has 5 nitrogen and oxygen atoms in total. The van der Waals surface area contributed by atoms with E-state index in [0.29, 0.717) is 11.3 Å². The molecule has 1 unspecified atom stereocenters. The summed E-state index contributed by atoms with van der Waals surface area (Å²) in [6.07, 6.45) is 0. The summed E-state index contributed by atoms with van der Waals surface area (Å²) in [6, 6.07) is 12.8. The van der Waals surface area contributed by atoms with Gasteiger partial charge in [0.1, 0.15) is 6.54 Å². The van der Waals surface area contributed by atoms with Crippen LogP contribution in [0.25, 0.3) is 0 Å². The number of nitrogens with two attached hydrogens (primary N) is 1. The van der Waals surface area contributed by atoms with Crippen LogP contribution in [0.3, 0.4) is 0 Å². The van der Waals surface area contributed by atoms with Crippen molar-refractivity contribution in [3.05, 3.63) is 64.7 Å². The Balaban J connectivity index is 1.99. The van der Waals surface area contributed by atoms with Gasteiger partial charge in [0.05, 0.1) is 7.05 Å². The highest BCUT2D eigenvalue weighted by molar-refractivity contribution is 5.95. The van der Waals surface area contributed by atoms with Crippen LogP contribution < -0.4 is 16.0 Å². The highest BCUT2D eigenvalue weighted by Gasteiger charge is 2.22. The van der Waals surface area contributed by atoms with Crippen molar-refractivity contribution in [1.29, 1.82) is 0 Å². The smallest absolute Gasteiger partial charge is 0.282 e. The Morgan fingerprint density at radius 1 is 1.12 bits per heavy atom. The lowest BCUT2D eigenvalue weighted by Crippen LogP contribution is -3.12. The number of carbonyl (C=O) groups is 2. The first kappa shape index (κ1) is 18.7. The number of rotatable bonds is 6. The number of benzene rings is 2. The predicted octanol–water partition coefficient (Wildman–Crippen LogP) is 1.44. The van der Waals surface area contributed by atoms with Crippen molar-refractivity contribution >= 4 is 17.5 Å². The maximum absolute atomic E-state index is 12.5. The fourth-order valence-electron chi connectivity index (χ4n) is 2.69. The Labute approximate surface area is 148 Å². The first-order chi connectivity index (χ1) is 11.8. The third-order valence-electron chi connectivity index (χ3n) is 4.54. The number of hydrogen-bond acceptors (Lipinski definition) is 2. The number of amides is 2. The molecule has 25 heavy (non-hydrogen) atoms. The Bertz CT molecular complexity index is 769. The number of nitrogens with one attached hydrogen (secondary N) is 2. The summed E-state index contributed by atoms with van der Waals surface area (Å²) in [5.74, 6) is -0.544. The van der Waals surface area contributed by atoms with E-state index in [9.17, 15) is 9.59 Å². The second-order valence-electron chi connectivity index (χ2n) is 6.61. The van der Waals surface area contributed by atoms with E-state index < -0.39 is 5.91 Å². The van der Waals surface area contributed by atoms with Gasteiger partial charge in [-0.2, -0.15) is 0 Å². The van der Waals surface area contributed by atoms with Gasteiger partial charge in [-0.1, -0.05) is 23.8 Å². The SMILES string of the molecule is Cc1ccc(C[NH+](C)[C@H](C)C(=O)Nc2ccc(C(N)=O)cc2)c(C)c1. The van der Waals surface area contributed by atoms with Crippen LogP contribution in [0.2, 0.25) is 0 Å². The van der Waals surface area contributed by atoms with E-state index in [4.69, 9.17) is 5.73 Å². The molecule has 2 aromatic carbocycles. The zero-order valence-corrected chi connectivity index (χ0v) is 15.2. The lowest BCUT2D eigenvalue weighted by molar-refractivity contribution is -0.907. The lowest BCUT2D eigenvalue weighted by Gasteiger charge is -2.22. The molecular weight excluding hydrogens is 314 g/mol. The molecule has 2 aromatic rings. The van der Waals surface area contributed by atoms with Crippen molar-refractivity contribution in [2.75, 3.05) is 12.4 Å². The molecule has 0 bridgehead atoms. The Morgan fingerprint density at radius 2 is 1.76 bits per heavy atom. The minimum absolute atomic E-state index is 0.0610. The van der Waals surface area contributed by atoms with Gasteiger partial charge in [-0.15, -0.1) is 0 Å². The maximum Gasteiger partial charge on any atom is 0.282 e. The fraction of sp³-hybridized carbons (Fsp3) is 0.300. The maximum atomic E-state index is 12.5. The molecule has 0 aliphatic rings. The molecule has 0 heterocycles. The van der Waals surface area contributed by atoms with E-state index in [1.807, 2.05) is 14.0 Å². The quantitative estimate of drug-likeness (QED) is 0.744. The number of aryl methyl sites for hydroxylation is 2. The fourth-order valence-corrected chi connectivity index (χ4v) is 2.69. The van der Waals surface area contributed by atoms with Crippen LogP contribution in [0, 0.1) is 13.8 Å². The zero-order chi connectivity index (χ0) is 18.6. The Hall–Kier alpha value is -2.66. The normalized spacial score (nSPS) is 13.1. The van der Waals surface area contributed by atoms with E-state index in [1.165, 1.54) is 16.7 Å². The summed E-state index contributed by atoms with van der Waals surface area (Å²) in [6.45, 7) is 6.86. The van der Waals surface area contributed by atoms with Crippen LogP contribution >= 0.6 is 0 Å². The lowest BCUT2D eigenvalue weighted by atomic mass is 10.0. The van der Waals surface area contributed by atoms with Gasteiger partial charge in [-0.25, -0.2) is 0 Å². The molecule has 4 N–H and O–H groups in total. The number of primary amides is 1. The molecule has 0 spiro atoms. The second kappa shape index (κ2) is 7.94. The molecule has 2 rings (SSSR count). The number of anilines is 1. The van der Waals surface area contributed by atoms with Crippen molar-refractivity contribution in [2.24, 2.45) is 5.73 Å². The first-order valence-corrected chi connectivity index (χ1v) is 8.37. The zero-order valence-electron chi connectivity index (χ0n) is 15.2. The van der Waals surface area contributed by atoms with Gasteiger partial charge in [0.2, 0.25) is 5.91 Å². The van der Waals surface area contributed by atoms with E-state index in [2.05, 4.69) is 37.4 Å². The summed E-state index contributed by atoms with van der Waals surface area (Å²) in [5.41, 5.74) is 10.0. The molecular formula is C20H26N3O2+. The van der Waals surface area contributed by atoms with Crippen LogP contribution in [-0.2, 0) is 11.3 Å². The largest absolute Gasteiger partial charge is 0.366 e. The van der Waals surface area contributed by atoms with Gasteiger partial charge in [-0.3, -0.25) is 9.59 Å². The van der Waals surface area contributed by atoms with Crippen LogP contribution in [-0.4, -0.2) is 24.9 Å². The van der Waals surface area contributed by atoms with E-state index >= 15 is 0 Å². The molecule has 0 aromatic heterocycles. The van der Waals surface area contributed by atoms with Crippen LogP contribution in [0.1, 0.15) is 34.0 Å². The molecule has 0 saturated carbocycles. The molecule has 5 heteroatoms. The molecule has 0 radical (unpaired) electrons. The van der Waals surface area contributed by atoms with Crippen molar-refractivity contribution in [3.63, 3.8) is 0 Å². The number of quaternary nitrogens is 1. The Morgan fingerprint density at radius 3 is 2.32 bits per heavy atom. The van der Waals surface area contributed by atoms with Gasteiger partial charge in [-0.05, 0) is 50.6 Å². The van der Waals surface area contributed by atoms with Gasteiger partial charge in [0.25, 0.3) is 5.91 Å². The average molecular weight is 340 g/mol. The number of carbonyl (C=O) groups excluding carboxylic acids is 2. The highest BCUT2D eigenvalue weighted by Crippen LogP contribution is 2.10. The van der Waals surface area contributed by atoms with Gasteiger partial charge >= 0.3 is 0 Å². The number of likely N-dealkylation sites (N-methyl/N-ethyl adjacent to an activating group) is 1. The van der Waals surface area contributed by atoms with Crippen LogP contribution in [0.15, 0.2) is 42.5 Å². The summed E-state index contributed by atoms with van der Waals surface area (Å²) >= 11 is 0. The molecule has 2 atom stereocenters. The van der Waals surface area contributed by atoms with Gasteiger partial charge in [0.15, 0.2) is 6.04 Å². The Kier molecular flexibility index (Phi) is 5.93. The van der Waals surface area contributed by atoms with Crippen LogP contribution in [0.5, 0.6) is 0 Å². The van der Waals surface area contributed by atoms with E-state index in [1.54, 1.807) is 24.3 Å². The molecule has 132 valence electrons. The van der Waals surface area contributed by atoms with Crippen molar-refractivity contribution < 1.29 is 14.5 Å². The van der Waals surface area contributed by atoms with E-state index in [-0.39, 0.29) is 11.9 Å². The minimum Gasteiger partial charge on any atom is -0.366 e. The minimum atomic E-state index is -0.483. The first-order valence-electron chi connectivity index (χ1n) is 8.37. The molecule has 0 aliphatic heterocycles. The van der Waals surface area contributed by atoms with Crippen molar-refractivity contribution in [1.82, 2.24) is 0 Å². The highest BCUT2D eigenvalue weighted by atomic mass is 16.2. The second-order valence-corrected chi connectivity index (χ2v) is 6.61. The number of hydrogen-bond donors (Lipinski definition) is 3. The van der Waals surface area contributed by atoms with Gasteiger partial charge < -0.3 is 16.0 Å². The summed E-state index contributed by atoms with van der Waals surface area (Å²) in [5, 5.41) is 2.89. The molecule has 0 saturated heterocycles. The predicted molar refractivity (Wildman–Crippen MR) is 99.6 cm³/mol. The van der Waals surface area contributed by atoms with Gasteiger partial charge in [0, 0.05) is 16.8 Å². The van der Waals surface area contributed by atoms with Crippen LogP contribution in [0.4, 0.5) is 5.69 Å². The van der Waals surface area contributed by atoms with Crippen molar-refractivity contribution in [2.45, 2.75) is 33.4 Å². The monoisotopic (exact) mass is 340 g/mol. The molecule has 0 aliphatic carbocycles. The average Bonchev–Trinajstić information content (AvgIpc) is 2.57. The third kappa shape index (κ3) is 4.90. The topological polar surface area (TPSA) is 76.6 Å². The molecule has 0 fully saturated rings. The third-order valence-corrected chi connectivity index (χ3v) is 4.54. The summed E-state index contributed by atoms with van der Waals surface area (Å²) < 4.78 is 0.